The predicted octanol–water partition coefficient (Wildman–Crippen LogP) is -0.0429. The number of carbonyl (C=O) groups is 4. The Balaban J connectivity index is 1.36. The van der Waals surface area contributed by atoms with Crippen molar-refractivity contribution in [2.24, 2.45) is 0 Å². The number of imide groups is 1. The van der Waals surface area contributed by atoms with Crippen LogP contribution in [0.25, 0.3) is 0 Å². The summed E-state index contributed by atoms with van der Waals surface area (Å²) in [6.45, 7) is 0.294. The van der Waals surface area contributed by atoms with Gasteiger partial charge in [-0.25, -0.2) is 0 Å². The summed E-state index contributed by atoms with van der Waals surface area (Å²) in [5.74, 6) is -0.994. The number of benzene rings is 1. The van der Waals surface area contributed by atoms with Gasteiger partial charge in [-0.05, 0) is 30.9 Å². The number of nitrogens with zero attached hydrogens (tertiary/aromatic N) is 2. The molecular weight excluding hydrogens is 416 g/mol. The first-order valence-electron chi connectivity index (χ1n) is 10.9. The fraction of sp³-hybridized carbons (Fsp3) is 0.478. The predicted molar refractivity (Wildman–Crippen MR) is 108 cm³/mol. The molecule has 2 N–H and O–H groups in total. The van der Waals surface area contributed by atoms with Gasteiger partial charge in [0.25, 0.3) is 11.8 Å². The molecule has 6 rings (SSSR count). The van der Waals surface area contributed by atoms with Crippen LogP contribution in [-0.2, 0) is 31.0 Å². The van der Waals surface area contributed by atoms with Gasteiger partial charge in [0, 0.05) is 43.6 Å². The van der Waals surface area contributed by atoms with Crippen LogP contribution in [0, 0.1) is 0 Å². The smallest absolute Gasteiger partial charge is 0.253 e. The standard InChI is InChI=1S/C23H22N2O7/c26-13-2-1-12-11-15-23(31)7-5-14(27)21-22(23,19(12)20(13)32-21)8-10-24(15)18(30)6-9-25-16(28)3-4-17(25)29/h1-4,15,21,26,31H,5-11H2/t15-,21+,22+,23-/m1/s1. The van der Waals surface area contributed by atoms with Crippen molar-refractivity contribution in [3.8, 4) is 11.5 Å². The number of rotatable bonds is 3. The zero-order valence-electron chi connectivity index (χ0n) is 17.2. The average molecular weight is 438 g/mol. The number of hydrogen-bond acceptors (Lipinski definition) is 7. The van der Waals surface area contributed by atoms with Crippen molar-refractivity contribution in [3.63, 3.8) is 0 Å². The summed E-state index contributed by atoms with van der Waals surface area (Å²) in [6.07, 6.45) is 2.50. The van der Waals surface area contributed by atoms with E-state index < -0.39 is 35.0 Å². The van der Waals surface area contributed by atoms with Crippen molar-refractivity contribution >= 4 is 23.5 Å². The molecule has 1 spiro atoms. The molecule has 32 heavy (non-hydrogen) atoms. The van der Waals surface area contributed by atoms with Gasteiger partial charge in [-0.2, -0.15) is 0 Å². The van der Waals surface area contributed by atoms with E-state index in [4.69, 9.17) is 4.74 Å². The van der Waals surface area contributed by atoms with E-state index in [2.05, 4.69) is 0 Å². The third kappa shape index (κ3) is 2.16. The minimum absolute atomic E-state index is 0.0187. The first-order valence-corrected chi connectivity index (χ1v) is 10.9. The third-order valence-corrected chi connectivity index (χ3v) is 8.03. The van der Waals surface area contributed by atoms with Crippen LogP contribution in [0.3, 0.4) is 0 Å². The summed E-state index contributed by atoms with van der Waals surface area (Å²) >= 11 is 0. The second-order valence-electron chi connectivity index (χ2n) is 9.28. The lowest BCUT2D eigenvalue weighted by Crippen LogP contribution is -2.77. The fourth-order valence-corrected chi connectivity index (χ4v) is 6.63. The molecule has 1 saturated heterocycles. The third-order valence-electron chi connectivity index (χ3n) is 8.03. The van der Waals surface area contributed by atoms with Crippen LogP contribution in [0.1, 0.15) is 36.8 Å². The number of likely N-dealkylation sites (tertiary alicyclic amines) is 1. The Kier molecular flexibility index (Phi) is 3.77. The lowest BCUT2D eigenvalue weighted by Gasteiger charge is -2.62. The normalized spacial score (nSPS) is 34.1. The van der Waals surface area contributed by atoms with Crippen LogP contribution in [0.15, 0.2) is 24.3 Å². The topological polar surface area (TPSA) is 124 Å². The number of Topliss-reactive ketones (excluding diaryl/α,β-unsaturated/α-hetero) is 1. The number of phenolic OH excluding ortho intramolecular Hbond substituents is 1. The monoisotopic (exact) mass is 438 g/mol. The Morgan fingerprint density at radius 3 is 2.66 bits per heavy atom. The molecule has 9 heteroatoms. The Morgan fingerprint density at radius 2 is 1.91 bits per heavy atom. The summed E-state index contributed by atoms with van der Waals surface area (Å²) in [4.78, 5) is 52.3. The Hall–Kier alpha value is -3.20. The highest BCUT2D eigenvalue weighted by Gasteiger charge is 2.73. The second kappa shape index (κ2) is 6.19. The van der Waals surface area contributed by atoms with Crippen molar-refractivity contribution in [1.82, 2.24) is 9.80 Å². The van der Waals surface area contributed by atoms with E-state index in [1.165, 1.54) is 18.2 Å². The molecule has 2 aliphatic carbocycles. The van der Waals surface area contributed by atoms with Crippen molar-refractivity contribution in [3.05, 3.63) is 35.4 Å². The molecule has 2 bridgehead atoms. The minimum atomic E-state index is -1.37. The van der Waals surface area contributed by atoms with E-state index in [0.29, 0.717) is 24.9 Å². The molecule has 1 aromatic carbocycles. The molecule has 1 aromatic rings. The van der Waals surface area contributed by atoms with Gasteiger partial charge in [0.2, 0.25) is 5.91 Å². The highest BCUT2D eigenvalue weighted by Crippen LogP contribution is 2.64. The Labute approximate surface area is 183 Å². The first-order chi connectivity index (χ1) is 15.3. The maximum Gasteiger partial charge on any atom is 0.253 e. The number of aliphatic hydroxyl groups is 1. The van der Waals surface area contributed by atoms with Gasteiger partial charge in [0.05, 0.1) is 17.1 Å². The molecule has 0 aromatic heterocycles. The molecule has 9 nitrogen and oxygen atoms in total. The molecule has 1 saturated carbocycles. The highest BCUT2D eigenvalue weighted by atomic mass is 16.5. The highest BCUT2D eigenvalue weighted by molar-refractivity contribution is 6.13. The van der Waals surface area contributed by atoms with Crippen molar-refractivity contribution in [2.45, 2.75) is 55.3 Å². The SMILES string of the molecule is O=C1CC[C@@]2(O)[C@H]3Cc4ccc(O)c5c4[C@@]2(CCN3C(=O)CCN2C(=O)C=CC2=O)[C@H]1O5. The van der Waals surface area contributed by atoms with E-state index in [-0.39, 0.29) is 49.0 Å². The summed E-state index contributed by atoms with van der Waals surface area (Å²) in [6, 6.07) is 2.74. The minimum Gasteiger partial charge on any atom is -0.504 e. The second-order valence-corrected chi connectivity index (χ2v) is 9.28. The number of ketones is 1. The van der Waals surface area contributed by atoms with Crippen LogP contribution in [-0.4, -0.2) is 74.4 Å². The lowest BCUT2D eigenvalue weighted by atomic mass is 9.49. The van der Waals surface area contributed by atoms with Crippen LogP contribution in [0.2, 0.25) is 0 Å². The molecule has 166 valence electrons. The number of piperidine rings is 1. The van der Waals surface area contributed by atoms with Gasteiger partial charge in [-0.15, -0.1) is 0 Å². The number of amides is 3. The Bertz CT molecular complexity index is 1130. The number of carbonyl (C=O) groups excluding carboxylic acids is 4. The quantitative estimate of drug-likeness (QED) is 0.635. The fourth-order valence-electron chi connectivity index (χ4n) is 6.63. The Morgan fingerprint density at radius 1 is 1.16 bits per heavy atom. The van der Waals surface area contributed by atoms with Crippen molar-refractivity contribution in [2.75, 3.05) is 13.1 Å². The number of hydrogen-bond donors (Lipinski definition) is 2. The van der Waals surface area contributed by atoms with E-state index in [1.54, 1.807) is 11.0 Å². The molecule has 4 atom stereocenters. The molecule has 2 fully saturated rings. The van der Waals surface area contributed by atoms with Gasteiger partial charge < -0.3 is 19.8 Å². The van der Waals surface area contributed by atoms with Gasteiger partial charge in [-0.3, -0.25) is 24.1 Å². The number of phenols is 1. The average Bonchev–Trinajstić information content (AvgIpc) is 3.28. The van der Waals surface area contributed by atoms with E-state index >= 15 is 0 Å². The van der Waals surface area contributed by atoms with Gasteiger partial charge in [-0.1, -0.05) is 6.07 Å². The van der Waals surface area contributed by atoms with Crippen LogP contribution < -0.4 is 4.74 Å². The summed E-state index contributed by atoms with van der Waals surface area (Å²) in [5.41, 5.74) is -0.792. The largest absolute Gasteiger partial charge is 0.504 e. The van der Waals surface area contributed by atoms with Gasteiger partial charge in [0.15, 0.2) is 23.4 Å². The van der Waals surface area contributed by atoms with E-state index in [9.17, 15) is 29.4 Å². The number of aromatic hydroxyl groups is 1. The van der Waals surface area contributed by atoms with Gasteiger partial charge >= 0.3 is 0 Å². The van der Waals surface area contributed by atoms with Crippen LogP contribution in [0.5, 0.6) is 11.5 Å². The van der Waals surface area contributed by atoms with Gasteiger partial charge in [0.1, 0.15) is 0 Å². The van der Waals surface area contributed by atoms with Crippen LogP contribution in [0.4, 0.5) is 0 Å². The lowest BCUT2D eigenvalue weighted by molar-refractivity contribution is -0.192. The van der Waals surface area contributed by atoms with Crippen molar-refractivity contribution in [1.29, 1.82) is 0 Å². The molecule has 3 amide bonds. The molecule has 5 aliphatic rings. The zero-order chi connectivity index (χ0) is 22.4. The summed E-state index contributed by atoms with van der Waals surface area (Å²) in [7, 11) is 0. The van der Waals surface area contributed by atoms with Crippen molar-refractivity contribution < 1.29 is 34.1 Å². The van der Waals surface area contributed by atoms with E-state index in [0.717, 1.165) is 10.5 Å². The zero-order valence-corrected chi connectivity index (χ0v) is 17.2. The number of ether oxygens (including phenoxy) is 1. The molecule has 3 aliphatic heterocycles. The van der Waals surface area contributed by atoms with E-state index in [1.807, 2.05) is 0 Å². The maximum atomic E-state index is 13.2. The first kappa shape index (κ1) is 19.5. The molecule has 0 unspecified atom stereocenters. The molecule has 3 heterocycles. The summed E-state index contributed by atoms with van der Waals surface area (Å²) < 4.78 is 5.97. The maximum absolute atomic E-state index is 13.2. The molecular formula is C23H22N2O7. The molecule has 0 radical (unpaired) electrons. The van der Waals surface area contributed by atoms with Crippen LogP contribution >= 0.6 is 0 Å². The summed E-state index contributed by atoms with van der Waals surface area (Å²) in [5, 5.41) is 22.5.